The molecule has 1 aromatic rings. The van der Waals surface area contributed by atoms with E-state index >= 15 is 0 Å². The Hall–Kier alpha value is -0.770. The fourth-order valence-corrected chi connectivity index (χ4v) is 2.27. The van der Waals surface area contributed by atoms with Crippen LogP contribution < -0.4 is 5.32 Å². The number of carbonyl (C=O) groups is 1. The molecule has 0 saturated heterocycles. The van der Waals surface area contributed by atoms with E-state index in [1.165, 1.54) is 0 Å². The summed E-state index contributed by atoms with van der Waals surface area (Å²) in [5.41, 5.74) is 0.972. The fourth-order valence-electron chi connectivity index (χ4n) is 1.81. The lowest BCUT2D eigenvalue weighted by atomic mass is 10.2. The van der Waals surface area contributed by atoms with Gasteiger partial charge in [-0.05, 0) is 44.5 Å². The molecule has 104 valence electrons. The second kappa shape index (κ2) is 6.12. The lowest BCUT2D eigenvalue weighted by molar-refractivity contribution is -0.125. The van der Waals surface area contributed by atoms with Gasteiger partial charge < -0.3 is 5.32 Å². The molecule has 19 heavy (non-hydrogen) atoms. The van der Waals surface area contributed by atoms with Crippen molar-refractivity contribution in [1.82, 2.24) is 10.2 Å². The molecule has 1 saturated carbocycles. The average molecular weight is 301 g/mol. The number of halogens is 2. The zero-order chi connectivity index (χ0) is 14.0. The second-order valence-electron chi connectivity index (χ2n) is 5.11. The van der Waals surface area contributed by atoms with Crippen molar-refractivity contribution in [2.45, 2.75) is 38.4 Å². The quantitative estimate of drug-likeness (QED) is 0.906. The van der Waals surface area contributed by atoms with Crippen molar-refractivity contribution in [3.8, 4) is 0 Å². The number of benzene rings is 1. The summed E-state index contributed by atoms with van der Waals surface area (Å²) >= 11 is 12.0. The summed E-state index contributed by atoms with van der Waals surface area (Å²) in [6, 6.07) is 5.65. The summed E-state index contributed by atoms with van der Waals surface area (Å²) in [5, 5.41) is 4.26. The third-order valence-electron chi connectivity index (χ3n) is 3.40. The molecule has 3 nitrogen and oxygen atoms in total. The van der Waals surface area contributed by atoms with E-state index in [2.05, 4.69) is 5.32 Å². The van der Waals surface area contributed by atoms with Crippen molar-refractivity contribution in [3.63, 3.8) is 0 Å². The minimum absolute atomic E-state index is 0.0788. The minimum Gasteiger partial charge on any atom is -0.352 e. The predicted molar refractivity (Wildman–Crippen MR) is 78.6 cm³/mol. The van der Waals surface area contributed by atoms with Crippen LogP contribution >= 0.6 is 23.2 Å². The first-order valence-electron chi connectivity index (χ1n) is 6.42. The van der Waals surface area contributed by atoms with Gasteiger partial charge in [0.2, 0.25) is 5.91 Å². The van der Waals surface area contributed by atoms with Crippen molar-refractivity contribution >= 4 is 29.1 Å². The van der Waals surface area contributed by atoms with E-state index in [9.17, 15) is 4.79 Å². The Morgan fingerprint density at radius 2 is 2.16 bits per heavy atom. The molecule has 1 atom stereocenters. The number of nitrogens with zero attached hydrogens (tertiary/aromatic N) is 1. The standard InChI is InChI=1S/C14H18Cl2N2O/c1-9(14(19)17-12-5-6-12)18(2)8-10-3-4-11(15)7-13(10)16/h3-4,7,9,12H,5-6,8H2,1-2H3,(H,17,19)/t9-/m1/s1. The summed E-state index contributed by atoms with van der Waals surface area (Å²) in [7, 11) is 1.92. The van der Waals surface area contributed by atoms with Crippen LogP contribution in [-0.2, 0) is 11.3 Å². The predicted octanol–water partition coefficient (Wildman–Crippen LogP) is 3.09. The van der Waals surface area contributed by atoms with E-state index in [-0.39, 0.29) is 11.9 Å². The Kier molecular flexibility index (Phi) is 4.71. The van der Waals surface area contributed by atoms with Gasteiger partial charge in [-0.25, -0.2) is 0 Å². The maximum atomic E-state index is 12.0. The molecule has 2 rings (SSSR count). The summed E-state index contributed by atoms with van der Waals surface area (Å²) in [4.78, 5) is 13.9. The monoisotopic (exact) mass is 300 g/mol. The first-order valence-corrected chi connectivity index (χ1v) is 7.17. The van der Waals surface area contributed by atoms with Crippen LogP contribution in [0.3, 0.4) is 0 Å². The minimum atomic E-state index is -0.174. The van der Waals surface area contributed by atoms with Crippen LogP contribution in [0.2, 0.25) is 10.0 Å². The van der Waals surface area contributed by atoms with Gasteiger partial charge in [-0.3, -0.25) is 9.69 Å². The normalized spacial score (nSPS) is 16.5. The Bertz CT molecular complexity index is 475. The number of carbonyl (C=O) groups excluding carboxylic acids is 1. The van der Waals surface area contributed by atoms with Gasteiger partial charge in [-0.2, -0.15) is 0 Å². The van der Waals surface area contributed by atoms with Gasteiger partial charge >= 0.3 is 0 Å². The molecule has 1 aliphatic rings. The highest BCUT2D eigenvalue weighted by Gasteiger charge is 2.27. The molecule has 0 aliphatic heterocycles. The maximum absolute atomic E-state index is 12.0. The highest BCUT2D eigenvalue weighted by Crippen LogP contribution is 2.23. The van der Waals surface area contributed by atoms with E-state index in [1.54, 1.807) is 6.07 Å². The molecule has 0 radical (unpaired) electrons. The van der Waals surface area contributed by atoms with Gasteiger partial charge in [0.05, 0.1) is 6.04 Å². The van der Waals surface area contributed by atoms with Crippen molar-refractivity contribution in [2.75, 3.05) is 7.05 Å². The zero-order valence-electron chi connectivity index (χ0n) is 11.1. The van der Waals surface area contributed by atoms with E-state index in [0.29, 0.717) is 22.6 Å². The van der Waals surface area contributed by atoms with Crippen molar-refractivity contribution in [2.24, 2.45) is 0 Å². The Labute approximate surface area is 123 Å². The summed E-state index contributed by atoms with van der Waals surface area (Å²) in [6.45, 7) is 2.52. The van der Waals surface area contributed by atoms with Crippen LogP contribution in [0.4, 0.5) is 0 Å². The van der Waals surface area contributed by atoms with Crippen LogP contribution in [0.1, 0.15) is 25.3 Å². The fraction of sp³-hybridized carbons (Fsp3) is 0.500. The van der Waals surface area contributed by atoms with E-state index < -0.39 is 0 Å². The number of hydrogen-bond acceptors (Lipinski definition) is 2. The summed E-state index contributed by atoms with van der Waals surface area (Å²) in [6.07, 6.45) is 2.20. The molecule has 0 spiro atoms. The van der Waals surface area contributed by atoms with Gasteiger partial charge in [-0.15, -0.1) is 0 Å². The van der Waals surface area contributed by atoms with Crippen LogP contribution in [0, 0.1) is 0 Å². The molecule has 1 aliphatic carbocycles. The molecule has 1 aromatic carbocycles. The molecular formula is C14H18Cl2N2O. The second-order valence-corrected chi connectivity index (χ2v) is 5.95. The molecule has 1 fully saturated rings. The molecule has 5 heteroatoms. The van der Waals surface area contributed by atoms with Crippen LogP contribution in [0.15, 0.2) is 18.2 Å². The van der Waals surface area contributed by atoms with Crippen LogP contribution in [0.5, 0.6) is 0 Å². The highest BCUT2D eigenvalue weighted by atomic mass is 35.5. The highest BCUT2D eigenvalue weighted by molar-refractivity contribution is 6.35. The van der Waals surface area contributed by atoms with Gasteiger partial charge in [0.15, 0.2) is 0 Å². The number of amides is 1. The molecule has 0 bridgehead atoms. The molecular weight excluding hydrogens is 283 g/mol. The van der Waals surface area contributed by atoms with Crippen LogP contribution in [-0.4, -0.2) is 29.9 Å². The lowest BCUT2D eigenvalue weighted by Gasteiger charge is -2.24. The van der Waals surface area contributed by atoms with Crippen molar-refractivity contribution in [1.29, 1.82) is 0 Å². The molecule has 1 amide bonds. The van der Waals surface area contributed by atoms with Crippen molar-refractivity contribution in [3.05, 3.63) is 33.8 Å². The summed E-state index contributed by atoms with van der Waals surface area (Å²) < 4.78 is 0. The lowest BCUT2D eigenvalue weighted by Crippen LogP contribution is -2.43. The number of hydrogen-bond donors (Lipinski definition) is 1. The Morgan fingerprint density at radius 3 is 2.74 bits per heavy atom. The van der Waals surface area contributed by atoms with Gasteiger partial charge in [0.1, 0.15) is 0 Å². The average Bonchev–Trinajstić information content (AvgIpc) is 3.15. The van der Waals surface area contributed by atoms with Gasteiger partial charge in [0.25, 0.3) is 0 Å². The van der Waals surface area contributed by atoms with Crippen molar-refractivity contribution < 1.29 is 4.79 Å². The first-order chi connectivity index (χ1) is 8.97. The molecule has 1 N–H and O–H groups in total. The largest absolute Gasteiger partial charge is 0.352 e. The first kappa shape index (κ1) is 14.6. The Morgan fingerprint density at radius 1 is 1.47 bits per heavy atom. The topological polar surface area (TPSA) is 32.3 Å². The third kappa shape index (κ3) is 4.10. The smallest absolute Gasteiger partial charge is 0.237 e. The zero-order valence-corrected chi connectivity index (χ0v) is 12.6. The summed E-state index contributed by atoms with van der Waals surface area (Å²) in [5.74, 6) is 0.0788. The number of rotatable bonds is 5. The third-order valence-corrected chi connectivity index (χ3v) is 3.99. The number of nitrogens with one attached hydrogen (secondary N) is 1. The molecule has 0 unspecified atom stereocenters. The van der Waals surface area contributed by atoms with E-state index in [4.69, 9.17) is 23.2 Å². The van der Waals surface area contributed by atoms with E-state index in [0.717, 1.165) is 18.4 Å². The Balaban J connectivity index is 1.94. The maximum Gasteiger partial charge on any atom is 0.237 e. The van der Waals surface area contributed by atoms with Gasteiger partial charge in [0, 0.05) is 22.6 Å². The SMILES string of the molecule is C[C@H](C(=O)NC1CC1)N(C)Cc1ccc(Cl)cc1Cl. The van der Waals surface area contributed by atoms with Gasteiger partial charge in [-0.1, -0.05) is 29.3 Å². The molecule has 0 heterocycles. The van der Waals surface area contributed by atoms with Crippen LogP contribution in [0.25, 0.3) is 0 Å². The van der Waals surface area contributed by atoms with E-state index in [1.807, 2.05) is 31.0 Å². The number of likely N-dealkylation sites (N-methyl/N-ethyl adjacent to an activating group) is 1. The molecule has 0 aromatic heterocycles.